The van der Waals surface area contributed by atoms with Gasteiger partial charge in [-0.15, -0.1) is 0 Å². The molecule has 0 N–H and O–H groups in total. The normalized spacial score (nSPS) is 17.2. The monoisotopic (exact) mass is 410 g/mol. The van der Waals surface area contributed by atoms with Gasteiger partial charge < -0.3 is 0 Å². The molecule has 0 amide bonds. The van der Waals surface area contributed by atoms with Gasteiger partial charge in [0, 0.05) is 12.6 Å². The molecule has 2 aromatic carbocycles. The molecule has 3 rings (SSSR count). The van der Waals surface area contributed by atoms with Crippen LogP contribution in [0.2, 0.25) is 0 Å². The zero-order chi connectivity index (χ0) is 21.6. The Hall–Kier alpha value is -2.25. The second kappa shape index (κ2) is 10.2. The number of benzene rings is 2. The highest BCUT2D eigenvalue weighted by molar-refractivity contribution is 5.35. The summed E-state index contributed by atoms with van der Waals surface area (Å²) in [4.78, 5) is 2.46. The first-order valence-corrected chi connectivity index (χ1v) is 11.1. The van der Waals surface area contributed by atoms with Crippen LogP contribution in [0.3, 0.4) is 0 Å². The molecule has 2 atom stereocenters. The number of nitriles is 1. The third-order valence-corrected chi connectivity index (χ3v) is 6.76. The molecule has 1 aliphatic rings. The summed E-state index contributed by atoms with van der Waals surface area (Å²) in [6, 6.07) is 17.3. The molecule has 0 radical (unpaired) electrons. The fraction of sp³-hybridized carbons (Fsp3) is 0.500. The molecule has 1 aliphatic carbocycles. The molecule has 2 nitrogen and oxygen atoms in total. The van der Waals surface area contributed by atoms with Crippen molar-refractivity contribution < 1.29 is 8.78 Å². The van der Waals surface area contributed by atoms with E-state index in [2.05, 4.69) is 49.1 Å². The van der Waals surface area contributed by atoms with Crippen LogP contribution in [0.15, 0.2) is 48.5 Å². The maximum absolute atomic E-state index is 14.0. The van der Waals surface area contributed by atoms with E-state index in [0.29, 0.717) is 18.0 Å². The first-order valence-electron chi connectivity index (χ1n) is 11.1. The van der Waals surface area contributed by atoms with Gasteiger partial charge in [0.25, 0.3) is 0 Å². The first-order chi connectivity index (χ1) is 14.5. The van der Waals surface area contributed by atoms with E-state index in [1.54, 1.807) is 6.07 Å². The van der Waals surface area contributed by atoms with Crippen LogP contribution in [-0.4, -0.2) is 17.5 Å². The summed E-state index contributed by atoms with van der Waals surface area (Å²) >= 11 is 0. The van der Waals surface area contributed by atoms with Gasteiger partial charge in [-0.2, -0.15) is 5.26 Å². The SMILES string of the molecule is CCCN(Cc1ccccc1)C(C)CCC(C#N)(c1ccc(F)c(F)c1)C1CCC1. The molecule has 0 aliphatic heterocycles. The fourth-order valence-electron chi connectivity index (χ4n) is 4.65. The minimum atomic E-state index is -0.865. The minimum absolute atomic E-state index is 0.216. The molecule has 2 aromatic rings. The van der Waals surface area contributed by atoms with Crippen LogP contribution >= 0.6 is 0 Å². The molecule has 0 spiro atoms. The van der Waals surface area contributed by atoms with Gasteiger partial charge in [0.05, 0.1) is 11.5 Å². The van der Waals surface area contributed by atoms with Crippen LogP contribution in [0, 0.1) is 28.9 Å². The summed E-state index contributed by atoms with van der Waals surface area (Å²) < 4.78 is 27.5. The summed E-state index contributed by atoms with van der Waals surface area (Å²) in [5, 5.41) is 10.2. The van der Waals surface area contributed by atoms with E-state index in [4.69, 9.17) is 0 Å². The molecule has 1 fully saturated rings. The summed E-state index contributed by atoms with van der Waals surface area (Å²) in [6.45, 7) is 6.26. The summed E-state index contributed by atoms with van der Waals surface area (Å²) in [6.07, 6.45) is 5.62. The molecule has 0 heterocycles. The molecule has 2 unspecified atom stereocenters. The number of nitrogens with zero attached hydrogens (tertiary/aromatic N) is 2. The van der Waals surface area contributed by atoms with Crippen molar-refractivity contribution in [2.75, 3.05) is 6.54 Å². The Morgan fingerprint density at radius 2 is 1.87 bits per heavy atom. The number of halogens is 2. The maximum atomic E-state index is 14.0. The Balaban J connectivity index is 1.78. The minimum Gasteiger partial charge on any atom is -0.296 e. The van der Waals surface area contributed by atoms with E-state index in [1.165, 1.54) is 11.6 Å². The predicted octanol–water partition coefficient (Wildman–Crippen LogP) is 6.61. The molecule has 0 bridgehead atoms. The van der Waals surface area contributed by atoms with Gasteiger partial charge in [0.1, 0.15) is 0 Å². The van der Waals surface area contributed by atoms with Crippen LogP contribution < -0.4 is 0 Å². The molecular formula is C26H32F2N2. The lowest BCUT2D eigenvalue weighted by Gasteiger charge is -2.42. The van der Waals surface area contributed by atoms with Crippen molar-refractivity contribution in [3.63, 3.8) is 0 Å². The van der Waals surface area contributed by atoms with Gasteiger partial charge in [-0.3, -0.25) is 4.90 Å². The van der Waals surface area contributed by atoms with Crippen molar-refractivity contribution in [3.8, 4) is 6.07 Å². The molecule has 0 aromatic heterocycles. The van der Waals surface area contributed by atoms with E-state index < -0.39 is 17.0 Å². The van der Waals surface area contributed by atoms with Crippen LogP contribution in [0.1, 0.15) is 63.5 Å². The Kier molecular flexibility index (Phi) is 7.61. The van der Waals surface area contributed by atoms with Gasteiger partial charge in [-0.1, -0.05) is 49.7 Å². The Bertz CT molecular complexity index is 857. The lowest BCUT2D eigenvalue weighted by molar-refractivity contribution is 0.153. The molecule has 1 saturated carbocycles. The van der Waals surface area contributed by atoms with E-state index >= 15 is 0 Å². The number of hydrogen-bond donors (Lipinski definition) is 0. The van der Waals surface area contributed by atoms with Crippen molar-refractivity contribution >= 4 is 0 Å². The van der Waals surface area contributed by atoms with E-state index in [9.17, 15) is 14.0 Å². The Morgan fingerprint density at radius 1 is 1.13 bits per heavy atom. The lowest BCUT2D eigenvalue weighted by atomic mass is 9.60. The van der Waals surface area contributed by atoms with E-state index in [1.807, 2.05) is 6.07 Å². The largest absolute Gasteiger partial charge is 0.296 e. The van der Waals surface area contributed by atoms with Gasteiger partial charge in [-0.05, 0) is 74.8 Å². The molecule has 30 heavy (non-hydrogen) atoms. The van der Waals surface area contributed by atoms with Crippen molar-refractivity contribution in [2.45, 2.75) is 70.4 Å². The highest BCUT2D eigenvalue weighted by atomic mass is 19.2. The van der Waals surface area contributed by atoms with E-state index in [0.717, 1.165) is 51.3 Å². The molecule has 160 valence electrons. The van der Waals surface area contributed by atoms with Crippen molar-refractivity contribution in [3.05, 3.63) is 71.3 Å². The smallest absolute Gasteiger partial charge is 0.159 e. The van der Waals surface area contributed by atoms with Gasteiger partial charge in [-0.25, -0.2) is 8.78 Å². The Labute approximate surface area is 179 Å². The van der Waals surface area contributed by atoms with Crippen LogP contribution in [0.5, 0.6) is 0 Å². The standard InChI is InChI=1S/C26H32F2N2/c1-3-16-30(18-21-8-5-4-6-9-21)20(2)14-15-26(19-29,22-10-7-11-22)23-12-13-24(27)25(28)17-23/h4-6,8-9,12-13,17,20,22H,3,7,10-11,14-16,18H2,1-2H3. The average Bonchev–Trinajstić information content (AvgIpc) is 2.72. The molecular weight excluding hydrogens is 378 g/mol. The number of rotatable bonds is 10. The van der Waals surface area contributed by atoms with Gasteiger partial charge >= 0.3 is 0 Å². The topological polar surface area (TPSA) is 27.0 Å². The molecule has 4 heteroatoms. The molecule has 0 saturated heterocycles. The first kappa shape index (κ1) is 22.4. The second-order valence-electron chi connectivity index (χ2n) is 8.68. The van der Waals surface area contributed by atoms with Gasteiger partial charge in [0.15, 0.2) is 11.6 Å². The zero-order valence-corrected chi connectivity index (χ0v) is 18.1. The van der Waals surface area contributed by atoms with Crippen molar-refractivity contribution in [2.24, 2.45) is 5.92 Å². The average molecular weight is 411 g/mol. The third kappa shape index (κ3) is 4.90. The van der Waals surface area contributed by atoms with Crippen molar-refractivity contribution in [1.29, 1.82) is 5.26 Å². The summed E-state index contributed by atoms with van der Waals surface area (Å²) in [7, 11) is 0. The summed E-state index contributed by atoms with van der Waals surface area (Å²) in [5.74, 6) is -1.51. The Morgan fingerprint density at radius 3 is 2.43 bits per heavy atom. The third-order valence-electron chi connectivity index (χ3n) is 6.76. The van der Waals surface area contributed by atoms with Crippen LogP contribution in [0.4, 0.5) is 8.78 Å². The summed E-state index contributed by atoms with van der Waals surface area (Å²) in [5.41, 5.74) is 1.17. The maximum Gasteiger partial charge on any atom is 0.159 e. The quantitative estimate of drug-likeness (QED) is 0.441. The second-order valence-corrected chi connectivity index (χ2v) is 8.68. The van der Waals surface area contributed by atoms with Gasteiger partial charge in [0.2, 0.25) is 0 Å². The number of hydrogen-bond acceptors (Lipinski definition) is 2. The van der Waals surface area contributed by atoms with Crippen LogP contribution in [0.25, 0.3) is 0 Å². The van der Waals surface area contributed by atoms with Crippen LogP contribution in [-0.2, 0) is 12.0 Å². The van der Waals surface area contributed by atoms with Crippen molar-refractivity contribution in [1.82, 2.24) is 4.90 Å². The zero-order valence-electron chi connectivity index (χ0n) is 18.1. The van der Waals surface area contributed by atoms with E-state index in [-0.39, 0.29) is 5.92 Å². The highest BCUT2D eigenvalue weighted by Gasteiger charge is 2.44. The highest BCUT2D eigenvalue weighted by Crippen LogP contribution is 2.47. The fourth-order valence-corrected chi connectivity index (χ4v) is 4.65. The predicted molar refractivity (Wildman–Crippen MR) is 117 cm³/mol. The lowest BCUT2D eigenvalue weighted by Crippen LogP contribution is -2.41.